The van der Waals surface area contributed by atoms with Crippen molar-refractivity contribution in [1.82, 2.24) is 15.2 Å². The second kappa shape index (κ2) is 9.96. The minimum absolute atomic E-state index is 0.201. The minimum atomic E-state index is -0.225. The van der Waals surface area contributed by atoms with Gasteiger partial charge in [0, 0.05) is 50.2 Å². The molecule has 7 heteroatoms. The summed E-state index contributed by atoms with van der Waals surface area (Å²) in [6, 6.07) is 12.6. The Bertz CT molecular complexity index is 791. The van der Waals surface area contributed by atoms with Gasteiger partial charge >= 0.3 is 0 Å². The van der Waals surface area contributed by atoms with Crippen LogP contribution in [0.4, 0.5) is 5.69 Å². The Balaban J connectivity index is 1.62. The molecule has 1 aromatic carbocycles. The molecule has 0 atom stereocenters. The van der Waals surface area contributed by atoms with E-state index in [-0.39, 0.29) is 17.5 Å². The van der Waals surface area contributed by atoms with Crippen molar-refractivity contribution >= 4 is 17.5 Å². The molecular formula is C21H26N4O3. The van der Waals surface area contributed by atoms with E-state index in [2.05, 4.69) is 15.2 Å². The lowest BCUT2D eigenvalue weighted by molar-refractivity contribution is 0.0383. The second-order valence-corrected chi connectivity index (χ2v) is 6.52. The first-order chi connectivity index (χ1) is 13.7. The van der Waals surface area contributed by atoms with Crippen molar-refractivity contribution in [3.05, 3.63) is 59.9 Å². The molecule has 1 aliphatic rings. The number of para-hydroxylation sites is 1. The smallest absolute Gasteiger partial charge is 0.276 e. The van der Waals surface area contributed by atoms with Gasteiger partial charge in [0.15, 0.2) is 0 Å². The second-order valence-electron chi connectivity index (χ2n) is 6.52. The first-order valence-corrected chi connectivity index (χ1v) is 9.60. The van der Waals surface area contributed by atoms with Crippen molar-refractivity contribution < 1.29 is 14.3 Å². The van der Waals surface area contributed by atoms with Crippen LogP contribution in [0, 0.1) is 0 Å². The highest BCUT2D eigenvalue weighted by Crippen LogP contribution is 2.16. The van der Waals surface area contributed by atoms with Gasteiger partial charge in [-0.2, -0.15) is 0 Å². The summed E-state index contributed by atoms with van der Waals surface area (Å²) < 4.78 is 5.32. The van der Waals surface area contributed by atoms with Crippen LogP contribution in [0.15, 0.2) is 48.7 Å². The average Bonchev–Trinajstić information content (AvgIpc) is 2.76. The summed E-state index contributed by atoms with van der Waals surface area (Å²) >= 11 is 0. The number of morpholine rings is 1. The number of aromatic nitrogens is 1. The Morgan fingerprint density at radius 1 is 1.18 bits per heavy atom. The summed E-state index contributed by atoms with van der Waals surface area (Å²) in [5.74, 6) is -0.427. The molecule has 0 saturated carbocycles. The van der Waals surface area contributed by atoms with Crippen molar-refractivity contribution in [3.63, 3.8) is 0 Å². The van der Waals surface area contributed by atoms with Gasteiger partial charge < -0.3 is 15.0 Å². The van der Waals surface area contributed by atoms with Gasteiger partial charge in [-0.1, -0.05) is 18.2 Å². The molecule has 2 amide bonds. The molecule has 1 aromatic heterocycles. The lowest BCUT2D eigenvalue weighted by atomic mass is 10.2. The molecular weight excluding hydrogens is 356 g/mol. The Morgan fingerprint density at radius 3 is 2.64 bits per heavy atom. The van der Waals surface area contributed by atoms with Crippen LogP contribution in [-0.2, 0) is 4.74 Å². The van der Waals surface area contributed by atoms with Gasteiger partial charge in [-0.25, -0.2) is 0 Å². The molecule has 148 valence electrons. The molecule has 0 aliphatic carbocycles. The van der Waals surface area contributed by atoms with E-state index in [1.807, 2.05) is 37.3 Å². The number of rotatable bonds is 7. The van der Waals surface area contributed by atoms with E-state index in [9.17, 15) is 9.59 Å². The van der Waals surface area contributed by atoms with Gasteiger partial charge in [0.25, 0.3) is 11.8 Å². The predicted octanol–water partition coefficient (Wildman–Crippen LogP) is 1.81. The zero-order valence-corrected chi connectivity index (χ0v) is 16.1. The van der Waals surface area contributed by atoms with Gasteiger partial charge in [0.1, 0.15) is 5.69 Å². The number of carbonyl (C=O) groups is 2. The summed E-state index contributed by atoms with van der Waals surface area (Å²) in [5.41, 5.74) is 1.49. The summed E-state index contributed by atoms with van der Waals surface area (Å²) in [6.45, 7) is 7.00. The Labute approximate surface area is 165 Å². The molecule has 3 rings (SSSR count). The van der Waals surface area contributed by atoms with E-state index in [0.29, 0.717) is 18.7 Å². The number of carbonyl (C=O) groups excluding carboxylic acids is 2. The first-order valence-electron chi connectivity index (χ1n) is 9.60. The molecule has 7 nitrogen and oxygen atoms in total. The fraction of sp³-hybridized carbons (Fsp3) is 0.381. The van der Waals surface area contributed by atoms with Crippen LogP contribution < -0.4 is 10.2 Å². The summed E-state index contributed by atoms with van der Waals surface area (Å²) in [6.07, 6.45) is 1.50. The maximum Gasteiger partial charge on any atom is 0.276 e. The average molecular weight is 382 g/mol. The number of nitrogens with zero attached hydrogens (tertiary/aromatic N) is 3. The van der Waals surface area contributed by atoms with Crippen molar-refractivity contribution in [3.8, 4) is 0 Å². The Kier molecular flexibility index (Phi) is 7.11. The van der Waals surface area contributed by atoms with Crippen molar-refractivity contribution in [2.75, 3.05) is 50.8 Å². The van der Waals surface area contributed by atoms with E-state index in [0.717, 1.165) is 38.5 Å². The summed E-state index contributed by atoms with van der Waals surface area (Å²) in [4.78, 5) is 33.4. The third-order valence-corrected chi connectivity index (χ3v) is 4.69. The third-order valence-electron chi connectivity index (χ3n) is 4.69. The number of anilines is 1. The fourth-order valence-corrected chi connectivity index (χ4v) is 3.13. The number of nitrogens with one attached hydrogen (secondary N) is 1. The fourth-order valence-electron chi connectivity index (χ4n) is 3.13. The molecule has 2 aromatic rings. The number of ether oxygens (including phenoxy) is 1. The van der Waals surface area contributed by atoms with E-state index in [1.165, 1.54) is 6.20 Å². The zero-order valence-electron chi connectivity index (χ0n) is 16.1. The van der Waals surface area contributed by atoms with Crippen LogP contribution in [0.5, 0.6) is 0 Å². The summed E-state index contributed by atoms with van der Waals surface area (Å²) in [5, 5.41) is 2.91. The molecule has 28 heavy (non-hydrogen) atoms. The van der Waals surface area contributed by atoms with Crippen LogP contribution in [0.3, 0.4) is 0 Å². The third kappa shape index (κ3) is 5.15. The maximum atomic E-state index is 12.9. The lowest BCUT2D eigenvalue weighted by Crippen LogP contribution is -2.41. The summed E-state index contributed by atoms with van der Waals surface area (Å²) in [7, 11) is 0. The van der Waals surface area contributed by atoms with E-state index < -0.39 is 0 Å². The molecule has 1 fully saturated rings. The normalized spacial score (nSPS) is 14.5. The van der Waals surface area contributed by atoms with Crippen molar-refractivity contribution in [1.29, 1.82) is 0 Å². The van der Waals surface area contributed by atoms with E-state index in [1.54, 1.807) is 17.0 Å². The molecule has 0 spiro atoms. The molecule has 0 radical (unpaired) electrons. The Morgan fingerprint density at radius 2 is 1.93 bits per heavy atom. The highest BCUT2D eigenvalue weighted by Gasteiger charge is 2.19. The topological polar surface area (TPSA) is 74.8 Å². The lowest BCUT2D eigenvalue weighted by Gasteiger charge is -2.26. The molecule has 2 heterocycles. The standard InChI is InChI=1S/C21H26N4O3/c1-2-25(18-6-4-3-5-7-18)21(27)19-16-17(8-9-22-19)20(26)23-10-11-24-12-14-28-15-13-24/h3-9,16H,2,10-15H2,1H3,(H,23,26). The largest absolute Gasteiger partial charge is 0.379 e. The van der Waals surface area contributed by atoms with Gasteiger partial charge in [-0.05, 0) is 31.2 Å². The van der Waals surface area contributed by atoms with E-state index in [4.69, 9.17) is 4.74 Å². The van der Waals surface area contributed by atoms with Crippen LogP contribution in [0.25, 0.3) is 0 Å². The molecule has 0 bridgehead atoms. The minimum Gasteiger partial charge on any atom is -0.379 e. The van der Waals surface area contributed by atoms with Crippen molar-refractivity contribution in [2.24, 2.45) is 0 Å². The molecule has 1 saturated heterocycles. The first kappa shape index (κ1) is 20.0. The maximum absolute atomic E-state index is 12.9. The predicted molar refractivity (Wildman–Crippen MR) is 108 cm³/mol. The van der Waals surface area contributed by atoms with Crippen LogP contribution in [-0.4, -0.2) is 67.6 Å². The number of hydrogen-bond acceptors (Lipinski definition) is 5. The van der Waals surface area contributed by atoms with Crippen LogP contribution in [0.1, 0.15) is 27.8 Å². The monoisotopic (exact) mass is 382 g/mol. The van der Waals surface area contributed by atoms with Gasteiger partial charge in [-0.3, -0.25) is 19.5 Å². The van der Waals surface area contributed by atoms with Crippen LogP contribution in [0.2, 0.25) is 0 Å². The highest BCUT2D eigenvalue weighted by molar-refractivity contribution is 6.06. The quantitative estimate of drug-likeness (QED) is 0.791. The zero-order chi connectivity index (χ0) is 19.8. The Hall–Kier alpha value is -2.77. The number of amides is 2. The van der Waals surface area contributed by atoms with Gasteiger partial charge in [0.05, 0.1) is 13.2 Å². The number of pyridine rings is 1. The number of benzene rings is 1. The molecule has 0 unspecified atom stereocenters. The van der Waals surface area contributed by atoms with Gasteiger partial charge in [0.2, 0.25) is 0 Å². The SMILES string of the molecule is CCN(C(=O)c1cc(C(=O)NCCN2CCOCC2)ccn1)c1ccccc1. The number of hydrogen-bond donors (Lipinski definition) is 1. The van der Waals surface area contributed by atoms with Crippen molar-refractivity contribution in [2.45, 2.75) is 6.92 Å². The molecule has 1 aliphatic heterocycles. The highest BCUT2D eigenvalue weighted by atomic mass is 16.5. The molecule has 1 N–H and O–H groups in total. The van der Waals surface area contributed by atoms with Gasteiger partial charge in [-0.15, -0.1) is 0 Å². The van der Waals surface area contributed by atoms with E-state index >= 15 is 0 Å². The van der Waals surface area contributed by atoms with Crippen LogP contribution >= 0.6 is 0 Å².